The molecule has 5 rings (SSSR count). The fourth-order valence-corrected chi connectivity index (χ4v) is 4.70. The molecule has 4 aliphatic heterocycles. The molecule has 0 N–H and O–H groups in total. The summed E-state index contributed by atoms with van der Waals surface area (Å²) in [6, 6.07) is 7.39. The molecule has 5 heteroatoms. The van der Waals surface area contributed by atoms with Crippen LogP contribution in [0.3, 0.4) is 0 Å². The van der Waals surface area contributed by atoms with Gasteiger partial charge in [0.15, 0.2) is 0 Å². The van der Waals surface area contributed by atoms with Crippen molar-refractivity contribution in [2.24, 2.45) is 5.92 Å². The summed E-state index contributed by atoms with van der Waals surface area (Å²) in [7, 11) is 0. The first kappa shape index (κ1) is 17.3. The van der Waals surface area contributed by atoms with Gasteiger partial charge in [0.2, 0.25) is 0 Å². The van der Waals surface area contributed by atoms with Crippen LogP contribution >= 0.6 is 11.6 Å². The zero-order valence-electron chi connectivity index (χ0n) is 14.7. The Balaban J connectivity index is 1.52. The molecule has 0 aliphatic carbocycles. The Labute approximate surface area is 155 Å². The van der Waals surface area contributed by atoms with Crippen molar-refractivity contribution in [3.05, 3.63) is 34.9 Å². The maximum absolute atomic E-state index is 13.2. The molecule has 4 heterocycles. The van der Waals surface area contributed by atoms with Crippen LogP contribution in [0.25, 0.3) is 0 Å². The minimum Gasteiger partial charge on any atom is -0.459 e. The van der Waals surface area contributed by atoms with Gasteiger partial charge in [0.1, 0.15) is 12.1 Å². The average Bonchev–Trinajstić information content (AvgIpc) is 2.65. The van der Waals surface area contributed by atoms with Gasteiger partial charge in [-0.25, -0.2) is 4.79 Å². The van der Waals surface area contributed by atoms with E-state index in [1.54, 1.807) is 0 Å². The van der Waals surface area contributed by atoms with Crippen LogP contribution in [0.5, 0.6) is 0 Å². The second kappa shape index (κ2) is 7.65. The number of fused-ring (bicyclic) bond motifs is 3. The van der Waals surface area contributed by atoms with Gasteiger partial charge >= 0.3 is 5.97 Å². The van der Waals surface area contributed by atoms with Crippen molar-refractivity contribution in [3.8, 4) is 0 Å². The highest BCUT2D eigenvalue weighted by Gasteiger charge is 2.39. The Morgan fingerprint density at radius 2 is 1.72 bits per heavy atom. The van der Waals surface area contributed by atoms with Crippen LogP contribution in [-0.4, -0.2) is 54.6 Å². The number of likely N-dealkylation sites (tertiary alicyclic amines) is 1. The summed E-state index contributed by atoms with van der Waals surface area (Å²) in [6.45, 7) is 5.14. The third-order valence-electron chi connectivity index (χ3n) is 6.03. The lowest BCUT2D eigenvalue weighted by atomic mass is 9.86. The van der Waals surface area contributed by atoms with Crippen LogP contribution in [-0.2, 0) is 9.53 Å². The molecule has 4 saturated heterocycles. The maximum atomic E-state index is 13.2. The zero-order valence-corrected chi connectivity index (χ0v) is 15.5. The first-order valence-corrected chi connectivity index (χ1v) is 10.0. The first-order chi connectivity index (χ1) is 12.2. The molecule has 4 nitrogen and oxygen atoms in total. The molecule has 0 saturated carbocycles. The van der Waals surface area contributed by atoms with Crippen LogP contribution in [0.15, 0.2) is 24.3 Å². The number of rotatable bonds is 4. The second-order valence-electron chi connectivity index (χ2n) is 7.66. The minimum absolute atomic E-state index is 0.0644. The number of hydrogen-bond acceptors (Lipinski definition) is 4. The van der Waals surface area contributed by atoms with Crippen LogP contribution in [0.4, 0.5) is 0 Å². The average molecular weight is 363 g/mol. The Hall–Kier alpha value is -1.10. The van der Waals surface area contributed by atoms with Crippen molar-refractivity contribution in [3.63, 3.8) is 0 Å². The molecule has 0 aromatic heterocycles. The van der Waals surface area contributed by atoms with Gasteiger partial charge in [-0.05, 0) is 75.5 Å². The number of carbonyl (C=O) groups excluding carboxylic acids is 1. The molecular formula is C20H27ClN2O2. The lowest BCUT2D eigenvalue weighted by Crippen LogP contribution is -2.52. The summed E-state index contributed by atoms with van der Waals surface area (Å²) >= 11 is 6.04. The van der Waals surface area contributed by atoms with Crippen LogP contribution < -0.4 is 0 Å². The highest BCUT2D eigenvalue weighted by atomic mass is 35.5. The largest absolute Gasteiger partial charge is 0.459 e. The van der Waals surface area contributed by atoms with Gasteiger partial charge < -0.3 is 4.74 Å². The fraction of sp³-hybridized carbons (Fsp3) is 0.650. The molecular weight excluding hydrogens is 336 g/mol. The van der Waals surface area contributed by atoms with E-state index in [1.165, 1.54) is 6.42 Å². The van der Waals surface area contributed by atoms with E-state index in [9.17, 15) is 4.79 Å². The molecule has 1 unspecified atom stereocenters. The second-order valence-corrected chi connectivity index (χ2v) is 8.10. The van der Waals surface area contributed by atoms with Gasteiger partial charge in [-0.2, -0.15) is 0 Å². The predicted octanol–water partition coefficient (Wildman–Crippen LogP) is 3.50. The molecule has 2 bridgehead atoms. The van der Waals surface area contributed by atoms with Crippen molar-refractivity contribution in [2.75, 3.05) is 32.7 Å². The summed E-state index contributed by atoms with van der Waals surface area (Å²) < 4.78 is 6.07. The normalized spacial score (nSPS) is 30.8. The van der Waals surface area contributed by atoms with Gasteiger partial charge in [-0.15, -0.1) is 0 Å². The first-order valence-electron chi connectivity index (χ1n) is 9.63. The third kappa shape index (κ3) is 3.86. The summed E-state index contributed by atoms with van der Waals surface area (Å²) in [5.74, 6) is 0.462. The molecule has 0 radical (unpaired) electrons. The number of nitrogens with zero attached hydrogens (tertiary/aromatic N) is 2. The number of carbonyl (C=O) groups is 1. The van der Waals surface area contributed by atoms with Gasteiger partial charge in [-0.3, -0.25) is 9.80 Å². The molecule has 1 aromatic carbocycles. The summed E-state index contributed by atoms with van der Waals surface area (Å²) in [5.41, 5.74) is 0.998. The van der Waals surface area contributed by atoms with E-state index < -0.39 is 0 Å². The van der Waals surface area contributed by atoms with Crippen molar-refractivity contribution >= 4 is 17.6 Å². The van der Waals surface area contributed by atoms with Gasteiger partial charge in [0, 0.05) is 11.6 Å². The Morgan fingerprint density at radius 3 is 2.32 bits per heavy atom. The van der Waals surface area contributed by atoms with Crippen molar-refractivity contribution in [1.29, 1.82) is 0 Å². The Morgan fingerprint density at radius 1 is 1.04 bits per heavy atom. The Kier molecular flexibility index (Phi) is 5.30. The lowest BCUT2D eigenvalue weighted by molar-refractivity contribution is -0.166. The number of esters is 1. The summed E-state index contributed by atoms with van der Waals surface area (Å²) in [5, 5.41) is 0.701. The van der Waals surface area contributed by atoms with E-state index in [0.717, 1.165) is 64.0 Å². The van der Waals surface area contributed by atoms with Gasteiger partial charge in [0.05, 0.1) is 0 Å². The molecule has 25 heavy (non-hydrogen) atoms. The van der Waals surface area contributed by atoms with Crippen molar-refractivity contribution in [1.82, 2.24) is 9.80 Å². The smallest absolute Gasteiger partial charge is 0.328 e. The summed E-state index contributed by atoms with van der Waals surface area (Å²) in [4.78, 5) is 17.9. The van der Waals surface area contributed by atoms with Crippen LogP contribution in [0.1, 0.15) is 43.7 Å². The Bertz CT molecular complexity index is 592. The number of hydrogen-bond donors (Lipinski definition) is 0. The summed E-state index contributed by atoms with van der Waals surface area (Å²) in [6.07, 6.45) is 5.93. The zero-order chi connectivity index (χ0) is 17.2. The fourth-order valence-electron chi connectivity index (χ4n) is 4.58. The van der Waals surface area contributed by atoms with Crippen LogP contribution in [0.2, 0.25) is 5.02 Å². The van der Waals surface area contributed by atoms with E-state index in [-0.39, 0.29) is 18.1 Å². The monoisotopic (exact) mass is 362 g/mol. The molecule has 1 aromatic rings. The minimum atomic E-state index is -0.298. The molecule has 4 fully saturated rings. The number of piperidine rings is 4. The number of benzene rings is 1. The van der Waals surface area contributed by atoms with E-state index >= 15 is 0 Å². The molecule has 0 amide bonds. The SMILES string of the molecule is O=C(O[C@H]1CN2CCC1CC2)C(c1ccc(Cl)cc1)N1CCCCC1. The quantitative estimate of drug-likeness (QED) is 0.767. The maximum Gasteiger partial charge on any atom is 0.328 e. The number of ether oxygens (including phenoxy) is 1. The predicted molar refractivity (Wildman–Crippen MR) is 98.7 cm³/mol. The van der Waals surface area contributed by atoms with E-state index in [4.69, 9.17) is 16.3 Å². The molecule has 2 atom stereocenters. The van der Waals surface area contributed by atoms with Crippen molar-refractivity contribution < 1.29 is 9.53 Å². The molecule has 136 valence electrons. The highest BCUT2D eigenvalue weighted by molar-refractivity contribution is 6.30. The number of halogens is 1. The van der Waals surface area contributed by atoms with Gasteiger partial charge in [0.25, 0.3) is 0 Å². The highest BCUT2D eigenvalue weighted by Crippen LogP contribution is 2.32. The topological polar surface area (TPSA) is 32.8 Å². The van der Waals surface area contributed by atoms with E-state index in [0.29, 0.717) is 10.9 Å². The van der Waals surface area contributed by atoms with Crippen LogP contribution in [0, 0.1) is 5.92 Å². The molecule has 4 aliphatic rings. The third-order valence-corrected chi connectivity index (χ3v) is 6.28. The van der Waals surface area contributed by atoms with Crippen molar-refractivity contribution in [2.45, 2.75) is 44.2 Å². The standard InChI is InChI=1S/C20H27ClN2O2/c21-17-6-4-16(5-7-17)19(23-10-2-1-3-11-23)20(24)25-18-14-22-12-8-15(18)9-13-22/h4-7,15,18-19H,1-3,8-14H2/t18-,19?/m0/s1. The van der Waals surface area contributed by atoms with Gasteiger partial charge in [-0.1, -0.05) is 30.2 Å². The van der Waals surface area contributed by atoms with E-state index in [2.05, 4.69) is 9.80 Å². The lowest BCUT2D eigenvalue weighted by Gasteiger charge is -2.44. The molecule has 0 spiro atoms. The van der Waals surface area contributed by atoms with E-state index in [1.807, 2.05) is 24.3 Å².